The van der Waals surface area contributed by atoms with E-state index in [0.717, 1.165) is 0 Å². The van der Waals surface area contributed by atoms with Crippen molar-refractivity contribution in [3.8, 4) is 5.75 Å². The van der Waals surface area contributed by atoms with Crippen molar-refractivity contribution in [3.05, 3.63) is 24.3 Å². The Morgan fingerprint density at radius 1 is 1.48 bits per heavy atom. The van der Waals surface area contributed by atoms with Gasteiger partial charge in [0, 0.05) is 26.2 Å². The highest BCUT2D eigenvalue weighted by Crippen LogP contribution is 2.17. The van der Waals surface area contributed by atoms with Crippen molar-refractivity contribution in [2.24, 2.45) is 0 Å². The molecule has 1 unspecified atom stereocenters. The number of likely N-dealkylation sites (N-methyl/N-ethyl adjacent to an activating group) is 1. The number of nitrogens with one attached hydrogen (secondary N) is 1. The number of nitrogens with zero attached hydrogens (tertiary/aromatic N) is 1. The molecule has 0 bridgehead atoms. The van der Waals surface area contributed by atoms with E-state index in [0.29, 0.717) is 12.3 Å². The second kappa shape index (κ2) is 6.42. The minimum Gasteiger partial charge on any atom is -0.497 e. The second-order valence-electron chi connectivity index (χ2n) is 4.74. The van der Waals surface area contributed by atoms with Crippen molar-refractivity contribution >= 4 is 15.9 Å². The third-order valence-corrected chi connectivity index (χ3v) is 4.62. The monoisotopic (exact) mass is 314 g/mol. The van der Waals surface area contributed by atoms with E-state index in [1.165, 1.54) is 24.1 Å². The highest BCUT2D eigenvalue weighted by Gasteiger charge is 2.25. The largest absolute Gasteiger partial charge is 0.497 e. The van der Waals surface area contributed by atoms with Crippen molar-refractivity contribution in [2.75, 3.05) is 33.9 Å². The fourth-order valence-corrected chi connectivity index (χ4v) is 3.04. The lowest BCUT2D eigenvalue weighted by Gasteiger charge is -2.29. The SMILES string of the molecule is COc1cccc(S(=O)(=O)NCC2CN(C)C(=O)CO2)c1. The van der Waals surface area contributed by atoms with Crippen LogP contribution in [0.3, 0.4) is 0 Å². The Morgan fingerprint density at radius 3 is 2.90 bits per heavy atom. The maximum atomic E-state index is 12.2. The zero-order valence-corrected chi connectivity index (χ0v) is 12.7. The predicted molar refractivity (Wildman–Crippen MR) is 75.6 cm³/mol. The molecule has 0 saturated carbocycles. The molecule has 116 valence electrons. The lowest BCUT2D eigenvalue weighted by atomic mass is 10.3. The lowest BCUT2D eigenvalue weighted by Crippen LogP contribution is -2.48. The van der Waals surface area contributed by atoms with E-state index >= 15 is 0 Å². The molecule has 0 aromatic heterocycles. The van der Waals surface area contributed by atoms with Gasteiger partial charge in [-0.1, -0.05) is 6.07 Å². The Labute approximate surface area is 123 Å². The summed E-state index contributed by atoms with van der Waals surface area (Å²) in [5, 5.41) is 0. The number of carbonyl (C=O) groups excluding carboxylic acids is 1. The fourth-order valence-electron chi connectivity index (χ4n) is 1.94. The Hall–Kier alpha value is -1.64. The zero-order chi connectivity index (χ0) is 15.5. The number of rotatable bonds is 5. The van der Waals surface area contributed by atoms with Crippen LogP contribution in [0, 0.1) is 0 Å². The Bertz CT molecular complexity index is 617. The van der Waals surface area contributed by atoms with E-state index in [1.54, 1.807) is 19.2 Å². The smallest absolute Gasteiger partial charge is 0.248 e. The van der Waals surface area contributed by atoms with Crippen LogP contribution in [0.25, 0.3) is 0 Å². The van der Waals surface area contributed by atoms with Crippen LogP contribution < -0.4 is 9.46 Å². The number of hydrogen-bond donors (Lipinski definition) is 1. The molecule has 0 radical (unpaired) electrons. The molecule has 2 rings (SSSR count). The van der Waals surface area contributed by atoms with E-state index in [2.05, 4.69) is 4.72 Å². The molecule has 0 aliphatic carbocycles. The minimum atomic E-state index is -3.64. The van der Waals surface area contributed by atoms with E-state index in [9.17, 15) is 13.2 Å². The first-order valence-electron chi connectivity index (χ1n) is 6.41. The van der Waals surface area contributed by atoms with Crippen molar-refractivity contribution in [1.82, 2.24) is 9.62 Å². The molecule has 0 spiro atoms. The van der Waals surface area contributed by atoms with Crippen LogP contribution in [0.5, 0.6) is 5.75 Å². The van der Waals surface area contributed by atoms with Gasteiger partial charge in [-0.15, -0.1) is 0 Å². The number of carbonyl (C=O) groups is 1. The minimum absolute atomic E-state index is 0.0257. The van der Waals surface area contributed by atoms with Crippen LogP contribution in [-0.4, -0.2) is 59.2 Å². The molecule has 1 aromatic rings. The van der Waals surface area contributed by atoms with E-state index < -0.39 is 10.0 Å². The molecule has 1 amide bonds. The van der Waals surface area contributed by atoms with Crippen LogP contribution >= 0.6 is 0 Å². The van der Waals surface area contributed by atoms with Gasteiger partial charge in [0.2, 0.25) is 15.9 Å². The topological polar surface area (TPSA) is 84.9 Å². The summed E-state index contributed by atoms with van der Waals surface area (Å²) in [6.45, 7) is 0.443. The molecular weight excluding hydrogens is 296 g/mol. The summed E-state index contributed by atoms with van der Waals surface area (Å²) in [5.41, 5.74) is 0. The van der Waals surface area contributed by atoms with Gasteiger partial charge in [-0.2, -0.15) is 0 Å². The quantitative estimate of drug-likeness (QED) is 0.816. The molecule has 1 fully saturated rings. The van der Waals surface area contributed by atoms with Gasteiger partial charge in [0.1, 0.15) is 12.4 Å². The predicted octanol–water partition coefficient (Wildman–Crippen LogP) is -0.169. The Kier molecular flexibility index (Phi) is 4.81. The average molecular weight is 314 g/mol. The average Bonchev–Trinajstić information content (AvgIpc) is 2.48. The Morgan fingerprint density at radius 2 is 2.24 bits per heavy atom. The van der Waals surface area contributed by atoms with Gasteiger partial charge in [-0.05, 0) is 12.1 Å². The van der Waals surface area contributed by atoms with Gasteiger partial charge in [0.15, 0.2) is 0 Å². The molecule has 1 atom stereocenters. The van der Waals surface area contributed by atoms with Crippen molar-refractivity contribution in [2.45, 2.75) is 11.0 Å². The summed E-state index contributed by atoms with van der Waals surface area (Å²) in [5.74, 6) is 0.360. The first-order chi connectivity index (χ1) is 9.92. The molecule has 1 aliphatic heterocycles. The summed E-state index contributed by atoms with van der Waals surface area (Å²) in [7, 11) is -0.501. The summed E-state index contributed by atoms with van der Waals surface area (Å²) < 4.78 is 37.2. The second-order valence-corrected chi connectivity index (χ2v) is 6.51. The summed E-state index contributed by atoms with van der Waals surface area (Å²) in [6, 6.07) is 6.21. The molecule has 8 heteroatoms. The summed E-state index contributed by atoms with van der Waals surface area (Å²) >= 11 is 0. The first kappa shape index (κ1) is 15.7. The van der Waals surface area contributed by atoms with E-state index in [1.807, 2.05) is 0 Å². The van der Waals surface area contributed by atoms with Crippen molar-refractivity contribution < 1.29 is 22.7 Å². The number of morpholine rings is 1. The fraction of sp³-hybridized carbons (Fsp3) is 0.462. The summed E-state index contributed by atoms with van der Waals surface area (Å²) in [4.78, 5) is 12.9. The maximum absolute atomic E-state index is 12.2. The van der Waals surface area contributed by atoms with Gasteiger partial charge in [0.05, 0.1) is 18.1 Å². The van der Waals surface area contributed by atoms with Crippen LogP contribution in [-0.2, 0) is 19.6 Å². The van der Waals surface area contributed by atoms with Gasteiger partial charge in [0.25, 0.3) is 0 Å². The number of benzene rings is 1. The van der Waals surface area contributed by atoms with Crippen molar-refractivity contribution in [1.29, 1.82) is 0 Å². The molecule has 7 nitrogen and oxygen atoms in total. The number of methoxy groups -OCH3 is 1. The normalized spacial score (nSPS) is 19.6. The van der Waals surface area contributed by atoms with E-state index in [-0.39, 0.29) is 30.1 Å². The highest BCUT2D eigenvalue weighted by molar-refractivity contribution is 7.89. The Balaban J connectivity index is 1.99. The van der Waals surface area contributed by atoms with Gasteiger partial charge in [-0.3, -0.25) is 4.79 Å². The maximum Gasteiger partial charge on any atom is 0.248 e. The molecule has 1 aliphatic rings. The van der Waals surface area contributed by atoms with Gasteiger partial charge in [-0.25, -0.2) is 13.1 Å². The molecule has 1 N–H and O–H groups in total. The standard InChI is InChI=1S/C13H18N2O5S/c1-15-8-11(20-9-13(15)16)7-14-21(17,18)12-5-3-4-10(6-12)19-2/h3-6,11,14H,7-9H2,1-2H3. The number of sulfonamides is 1. The van der Waals surface area contributed by atoms with Crippen LogP contribution in [0.15, 0.2) is 29.2 Å². The van der Waals surface area contributed by atoms with Gasteiger partial charge >= 0.3 is 0 Å². The number of amides is 1. The molecule has 1 saturated heterocycles. The molecule has 21 heavy (non-hydrogen) atoms. The van der Waals surface area contributed by atoms with Crippen LogP contribution in [0.4, 0.5) is 0 Å². The first-order valence-corrected chi connectivity index (χ1v) is 7.90. The van der Waals surface area contributed by atoms with E-state index in [4.69, 9.17) is 9.47 Å². The third kappa shape index (κ3) is 3.93. The zero-order valence-electron chi connectivity index (χ0n) is 11.9. The van der Waals surface area contributed by atoms with Crippen LogP contribution in [0.2, 0.25) is 0 Å². The number of ether oxygens (including phenoxy) is 2. The van der Waals surface area contributed by atoms with Gasteiger partial charge < -0.3 is 14.4 Å². The van der Waals surface area contributed by atoms with Crippen LogP contribution in [0.1, 0.15) is 0 Å². The van der Waals surface area contributed by atoms with Crippen molar-refractivity contribution in [3.63, 3.8) is 0 Å². The molecular formula is C13H18N2O5S. The summed E-state index contributed by atoms with van der Waals surface area (Å²) in [6.07, 6.45) is -0.354. The number of hydrogen-bond acceptors (Lipinski definition) is 5. The molecule has 1 aromatic carbocycles. The highest BCUT2D eigenvalue weighted by atomic mass is 32.2. The molecule has 1 heterocycles. The lowest BCUT2D eigenvalue weighted by molar-refractivity contribution is -0.146. The third-order valence-electron chi connectivity index (χ3n) is 3.20.